The number of aliphatic hydroxyl groups is 2. The monoisotopic (exact) mass is 482 g/mol. The van der Waals surface area contributed by atoms with Crippen molar-refractivity contribution in [3.63, 3.8) is 0 Å². The van der Waals surface area contributed by atoms with Crippen LogP contribution < -0.4 is 0 Å². The Labute approximate surface area is 205 Å². The van der Waals surface area contributed by atoms with E-state index in [1.165, 1.54) is 57.8 Å². The number of aliphatic hydroxyl groups excluding tert-OH is 2. The summed E-state index contributed by atoms with van der Waals surface area (Å²) < 4.78 is 5.15. The average Bonchev–Trinajstić information content (AvgIpc) is 2.83. The summed E-state index contributed by atoms with van der Waals surface area (Å²) >= 11 is 0. The van der Waals surface area contributed by atoms with Crippen molar-refractivity contribution >= 4 is 23.8 Å². The molecular formula is C27H46O7. The molecule has 0 aliphatic heterocycles. The van der Waals surface area contributed by atoms with E-state index in [1.54, 1.807) is 0 Å². The van der Waals surface area contributed by atoms with Gasteiger partial charge in [-0.05, 0) is 25.0 Å². The van der Waals surface area contributed by atoms with Crippen molar-refractivity contribution in [3.8, 4) is 0 Å². The van der Waals surface area contributed by atoms with Crippen LogP contribution >= 0.6 is 0 Å². The Balaban J connectivity index is 3.98. The van der Waals surface area contributed by atoms with Crippen LogP contribution in [0.25, 0.3) is 0 Å². The maximum atomic E-state index is 12.3. The molecule has 196 valence electrons. The maximum Gasteiger partial charge on any atom is 0.306 e. The number of Topliss-reactive ketones (excluding diaryl/α,β-unsaturated/α-hetero) is 1. The Bertz CT molecular complexity index is 586. The highest BCUT2D eigenvalue weighted by Crippen LogP contribution is 2.14. The zero-order chi connectivity index (χ0) is 25.4. The number of carbonyl (C=O) groups excluding carboxylic acids is 4. The number of hydrogen-bond acceptors (Lipinski definition) is 7. The highest BCUT2D eigenvalue weighted by molar-refractivity contribution is 5.93. The van der Waals surface area contributed by atoms with Crippen LogP contribution in [-0.4, -0.2) is 52.8 Å². The number of hydrogen-bond donors (Lipinski definition) is 2. The number of allylic oxidation sites excluding steroid dienone is 2. The number of esters is 1. The summed E-state index contributed by atoms with van der Waals surface area (Å²) in [5, 5.41) is 19.1. The average molecular weight is 483 g/mol. The number of carbonyl (C=O) groups is 4. The number of aldehydes is 1. The van der Waals surface area contributed by atoms with Crippen molar-refractivity contribution in [3.05, 3.63) is 12.2 Å². The Hall–Kier alpha value is -1.86. The topological polar surface area (TPSA) is 118 Å². The van der Waals surface area contributed by atoms with Gasteiger partial charge in [0.25, 0.3) is 0 Å². The normalized spacial score (nSPS) is 13.0. The predicted molar refractivity (Wildman–Crippen MR) is 132 cm³/mol. The molecule has 0 fully saturated rings. The van der Waals surface area contributed by atoms with Crippen LogP contribution in [0.5, 0.6) is 0 Å². The fourth-order valence-electron chi connectivity index (χ4n) is 3.75. The third-order valence-electron chi connectivity index (χ3n) is 5.80. The summed E-state index contributed by atoms with van der Waals surface area (Å²) in [4.78, 5) is 46.1. The summed E-state index contributed by atoms with van der Waals surface area (Å²) in [6, 6.07) is 0. The third kappa shape index (κ3) is 18.6. The van der Waals surface area contributed by atoms with Crippen LogP contribution in [0.4, 0.5) is 0 Å². The molecule has 0 aromatic carbocycles. The lowest BCUT2D eigenvalue weighted by atomic mass is 10.0. The first-order valence-corrected chi connectivity index (χ1v) is 13.1. The maximum absolute atomic E-state index is 12.3. The van der Waals surface area contributed by atoms with Crippen molar-refractivity contribution < 1.29 is 34.1 Å². The largest absolute Gasteiger partial charge is 0.451 e. The second-order valence-corrected chi connectivity index (χ2v) is 8.93. The fraction of sp³-hybridized carbons (Fsp3) is 0.778. The summed E-state index contributed by atoms with van der Waals surface area (Å²) in [6.45, 7) is 1.53. The number of ether oxygens (including phenoxy) is 1. The molecule has 2 atom stereocenters. The molecule has 0 amide bonds. The number of unbranched alkanes of at least 4 members (excludes halogenated alkanes) is 12. The molecule has 0 spiro atoms. The predicted octanol–water partition coefficient (Wildman–Crippen LogP) is 4.80. The lowest BCUT2D eigenvalue weighted by Crippen LogP contribution is -2.40. The van der Waals surface area contributed by atoms with E-state index in [0.29, 0.717) is 12.7 Å². The molecular weight excluding hydrogens is 436 g/mol. The van der Waals surface area contributed by atoms with Gasteiger partial charge in [-0.3, -0.25) is 19.2 Å². The molecule has 7 heteroatoms. The van der Waals surface area contributed by atoms with Crippen LogP contribution in [0.1, 0.15) is 116 Å². The first kappa shape index (κ1) is 32.1. The van der Waals surface area contributed by atoms with Gasteiger partial charge in [0.1, 0.15) is 12.4 Å². The van der Waals surface area contributed by atoms with E-state index in [4.69, 9.17) is 4.74 Å². The second-order valence-electron chi connectivity index (χ2n) is 8.93. The molecule has 0 aliphatic carbocycles. The van der Waals surface area contributed by atoms with E-state index in [2.05, 4.69) is 6.92 Å². The second kappa shape index (κ2) is 22.9. The zero-order valence-corrected chi connectivity index (χ0v) is 21.1. The van der Waals surface area contributed by atoms with Gasteiger partial charge in [-0.15, -0.1) is 0 Å². The van der Waals surface area contributed by atoms with Crippen molar-refractivity contribution in [2.24, 2.45) is 0 Å². The zero-order valence-electron chi connectivity index (χ0n) is 21.1. The fourth-order valence-corrected chi connectivity index (χ4v) is 3.75. The Kier molecular flexibility index (Phi) is 21.7. The molecule has 0 heterocycles. The molecule has 2 N–H and O–H groups in total. The van der Waals surface area contributed by atoms with E-state index >= 15 is 0 Å². The van der Waals surface area contributed by atoms with E-state index < -0.39 is 30.6 Å². The third-order valence-corrected chi connectivity index (χ3v) is 5.80. The van der Waals surface area contributed by atoms with E-state index in [9.17, 15) is 29.4 Å². The van der Waals surface area contributed by atoms with Crippen molar-refractivity contribution in [2.45, 2.75) is 128 Å². The molecule has 0 aromatic rings. The standard InChI is InChI=1S/C27H46O7/c1-2-3-4-5-6-7-8-9-10-11-12-13-14-20-26(33)34-27(25(32)22-29)24(31)19-15-17-23(30)18-16-21-28/h16,18,21,25,27,29,32H,2-15,17,19-20,22H2,1H3/t25-,27?/m0/s1. The highest BCUT2D eigenvalue weighted by Gasteiger charge is 2.29. The smallest absolute Gasteiger partial charge is 0.306 e. The molecule has 7 nitrogen and oxygen atoms in total. The summed E-state index contributed by atoms with van der Waals surface area (Å²) in [7, 11) is 0. The Morgan fingerprint density at radius 2 is 1.29 bits per heavy atom. The Morgan fingerprint density at radius 3 is 1.79 bits per heavy atom. The molecule has 0 aliphatic rings. The van der Waals surface area contributed by atoms with Crippen LogP contribution in [0, 0.1) is 0 Å². The summed E-state index contributed by atoms with van der Waals surface area (Å²) in [6.07, 6.45) is 15.7. The lowest BCUT2D eigenvalue weighted by Gasteiger charge is -2.20. The van der Waals surface area contributed by atoms with Gasteiger partial charge in [0.2, 0.25) is 0 Å². The molecule has 0 radical (unpaired) electrons. The van der Waals surface area contributed by atoms with Gasteiger partial charge in [-0.2, -0.15) is 0 Å². The van der Waals surface area contributed by atoms with Gasteiger partial charge >= 0.3 is 5.97 Å². The molecule has 0 saturated heterocycles. The SMILES string of the molecule is CCCCCCCCCCCCCCCC(=O)OC(C(=O)CCCC(=O)C=CC=O)[C@@H](O)CO. The molecule has 34 heavy (non-hydrogen) atoms. The molecule has 1 unspecified atom stereocenters. The van der Waals surface area contributed by atoms with E-state index in [-0.39, 0.29) is 31.5 Å². The van der Waals surface area contributed by atoms with Gasteiger partial charge in [0, 0.05) is 19.3 Å². The van der Waals surface area contributed by atoms with Crippen LogP contribution in [0.3, 0.4) is 0 Å². The quantitative estimate of drug-likeness (QED) is 0.0878. The van der Waals surface area contributed by atoms with Gasteiger partial charge in [0.05, 0.1) is 6.61 Å². The van der Waals surface area contributed by atoms with Crippen molar-refractivity contribution in [1.82, 2.24) is 0 Å². The first-order chi connectivity index (χ1) is 16.5. The van der Waals surface area contributed by atoms with Gasteiger partial charge in [-0.25, -0.2) is 0 Å². The Morgan fingerprint density at radius 1 is 0.765 bits per heavy atom. The van der Waals surface area contributed by atoms with Crippen LogP contribution in [0.15, 0.2) is 12.2 Å². The van der Waals surface area contributed by atoms with Crippen molar-refractivity contribution in [1.29, 1.82) is 0 Å². The minimum absolute atomic E-state index is 0.0604. The van der Waals surface area contributed by atoms with Gasteiger partial charge in [-0.1, -0.05) is 84.0 Å². The van der Waals surface area contributed by atoms with Crippen LogP contribution in [0.2, 0.25) is 0 Å². The van der Waals surface area contributed by atoms with E-state index in [1.807, 2.05) is 0 Å². The molecule has 0 rings (SSSR count). The van der Waals surface area contributed by atoms with Gasteiger partial charge in [0.15, 0.2) is 17.7 Å². The lowest BCUT2D eigenvalue weighted by molar-refractivity contribution is -0.163. The van der Waals surface area contributed by atoms with Crippen LogP contribution in [-0.2, 0) is 23.9 Å². The summed E-state index contributed by atoms with van der Waals surface area (Å²) in [5.74, 6) is -1.40. The molecule has 0 saturated carbocycles. The summed E-state index contributed by atoms with van der Waals surface area (Å²) in [5.41, 5.74) is 0. The minimum atomic E-state index is -1.49. The van der Waals surface area contributed by atoms with Gasteiger partial charge < -0.3 is 14.9 Å². The highest BCUT2D eigenvalue weighted by atomic mass is 16.6. The minimum Gasteiger partial charge on any atom is -0.451 e. The molecule has 0 bridgehead atoms. The van der Waals surface area contributed by atoms with Crippen molar-refractivity contribution in [2.75, 3.05) is 6.61 Å². The number of ketones is 2. The van der Waals surface area contributed by atoms with E-state index in [0.717, 1.165) is 31.4 Å². The molecule has 0 aromatic heterocycles. The first-order valence-electron chi connectivity index (χ1n) is 13.1. The number of rotatable bonds is 24.